The molecule has 2 aromatic rings. The van der Waals surface area contributed by atoms with Crippen LogP contribution in [0.1, 0.15) is 62.7 Å². The third-order valence-corrected chi connectivity index (χ3v) is 8.32. The molecule has 1 aliphatic carbocycles. The minimum absolute atomic E-state index is 0.0960. The van der Waals surface area contributed by atoms with Crippen LogP contribution in [0.4, 0.5) is 23.1 Å². The maximum Gasteiger partial charge on any atom is 0.251 e. The number of hydrogen-bond donors (Lipinski definition) is 2. The molecule has 1 aromatic heterocycles. The Kier molecular flexibility index (Phi) is 8.20. The fourth-order valence-corrected chi connectivity index (χ4v) is 6.01. The Morgan fingerprint density at radius 1 is 1.15 bits per heavy atom. The number of ether oxygens (including phenoxy) is 1. The topological polar surface area (TPSA) is 103 Å². The molecule has 39 heavy (non-hydrogen) atoms. The second-order valence-corrected chi connectivity index (χ2v) is 11.1. The number of likely N-dealkylation sites (tertiary alicyclic amines) is 1. The SMILES string of the molecule is CCN1C(=O)C(C)CN(C2CCCC2)c2nc(Nc3ccc(C(=O)NC4CCN(C)CC4)cc3OC)ncc21. The van der Waals surface area contributed by atoms with Gasteiger partial charge in [0.1, 0.15) is 11.4 Å². The van der Waals surface area contributed by atoms with Gasteiger partial charge in [-0.25, -0.2) is 4.98 Å². The van der Waals surface area contributed by atoms with Crippen LogP contribution in [-0.2, 0) is 4.79 Å². The zero-order valence-electron chi connectivity index (χ0n) is 23.6. The van der Waals surface area contributed by atoms with E-state index in [1.54, 1.807) is 30.3 Å². The summed E-state index contributed by atoms with van der Waals surface area (Å²) in [5.74, 6) is 1.66. The Bertz CT molecular complexity index is 1190. The number of nitrogens with zero attached hydrogens (tertiary/aromatic N) is 5. The molecule has 2 amide bonds. The molecule has 3 aliphatic rings. The molecule has 1 saturated carbocycles. The standard InChI is InChI=1S/C29H41N7O3/c1-5-35-24-17-30-29(33-26(24)36(18-19(2)28(35)38)22-8-6-7-9-22)32-23-11-10-20(16-25(23)39-4)27(37)31-21-12-14-34(3)15-13-21/h10-11,16-17,19,21-22H,5-9,12-15,18H2,1-4H3,(H,31,37)(H,30,32,33). The first-order valence-electron chi connectivity index (χ1n) is 14.3. The van der Waals surface area contributed by atoms with Gasteiger partial charge in [0.25, 0.3) is 5.91 Å². The minimum Gasteiger partial charge on any atom is -0.495 e. The van der Waals surface area contributed by atoms with Crippen molar-refractivity contribution in [3.05, 3.63) is 30.0 Å². The van der Waals surface area contributed by atoms with Gasteiger partial charge >= 0.3 is 0 Å². The Morgan fingerprint density at radius 2 is 1.90 bits per heavy atom. The number of amides is 2. The molecular formula is C29H41N7O3. The van der Waals surface area contributed by atoms with Gasteiger partial charge in [-0.3, -0.25) is 9.59 Å². The first-order chi connectivity index (χ1) is 18.9. The normalized spacial score (nSPS) is 21.0. The van der Waals surface area contributed by atoms with Crippen LogP contribution in [0, 0.1) is 5.92 Å². The van der Waals surface area contributed by atoms with Gasteiger partial charge in [0.05, 0.1) is 24.9 Å². The molecule has 1 unspecified atom stereocenters. The van der Waals surface area contributed by atoms with Gasteiger partial charge in [-0.2, -0.15) is 4.98 Å². The van der Waals surface area contributed by atoms with Crippen LogP contribution in [0.25, 0.3) is 0 Å². The Morgan fingerprint density at radius 3 is 2.59 bits per heavy atom. The number of piperidine rings is 1. The number of carbonyl (C=O) groups excluding carboxylic acids is 2. The molecule has 0 bridgehead atoms. The van der Waals surface area contributed by atoms with Gasteiger partial charge in [-0.1, -0.05) is 19.8 Å². The summed E-state index contributed by atoms with van der Waals surface area (Å²) in [5.41, 5.74) is 1.99. The molecule has 2 fully saturated rings. The van der Waals surface area contributed by atoms with Gasteiger partial charge < -0.3 is 30.1 Å². The van der Waals surface area contributed by atoms with E-state index in [4.69, 9.17) is 9.72 Å². The number of fused-ring (bicyclic) bond motifs is 1. The number of benzene rings is 1. The third kappa shape index (κ3) is 5.80. The Labute approximate surface area is 231 Å². The number of anilines is 4. The predicted molar refractivity (Wildman–Crippen MR) is 153 cm³/mol. The highest BCUT2D eigenvalue weighted by atomic mass is 16.5. The number of nitrogens with one attached hydrogen (secondary N) is 2. The quantitative estimate of drug-likeness (QED) is 0.552. The summed E-state index contributed by atoms with van der Waals surface area (Å²) in [6, 6.07) is 5.93. The lowest BCUT2D eigenvalue weighted by molar-refractivity contribution is -0.121. The van der Waals surface area contributed by atoms with Crippen molar-refractivity contribution in [3.63, 3.8) is 0 Å². The highest BCUT2D eigenvalue weighted by molar-refractivity contribution is 5.99. The van der Waals surface area contributed by atoms with Crippen molar-refractivity contribution in [1.29, 1.82) is 0 Å². The van der Waals surface area contributed by atoms with Gasteiger partial charge in [-0.15, -0.1) is 0 Å². The lowest BCUT2D eigenvalue weighted by Gasteiger charge is -2.31. The molecule has 0 spiro atoms. The Hall–Kier alpha value is -3.40. The molecule has 2 aliphatic heterocycles. The number of hydrogen-bond acceptors (Lipinski definition) is 8. The average molecular weight is 536 g/mol. The summed E-state index contributed by atoms with van der Waals surface area (Å²) in [6.45, 7) is 7.17. The van der Waals surface area contributed by atoms with Crippen molar-refractivity contribution in [1.82, 2.24) is 20.2 Å². The first-order valence-corrected chi connectivity index (χ1v) is 14.3. The largest absolute Gasteiger partial charge is 0.495 e. The van der Waals surface area contributed by atoms with Crippen LogP contribution < -0.4 is 25.2 Å². The molecule has 5 rings (SSSR count). The van der Waals surface area contributed by atoms with Crippen molar-refractivity contribution in [2.24, 2.45) is 5.92 Å². The average Bonchev–Trinajstić information content (AvgIpc) is 3.45. The van der Waals surface area contributed by atoms with Crippen molar-refractivity contribution in [3.8, 4) is 5.75 Å². The van der Waals surface area contributed by atoms with Crippen LogP contribution in [0.2, 0.25) is 0 Å². The highest BCUT2D eigenvalue weighted by Crippen LogP contribution is 2.38. The lowest BCUT2D eigenvalue weighted by Crippen LogP contribution is -2.43. The molecular weight excluding hydrogens is 494 g/mol. The second-order valence-electron chi connectivity index (χ2n) is 11.1. The van der Waals surface area contributed by atoms with E-state index in [1.165, 1.54) is 12.8 Å². The summed E-state index contributed by atoms with van der Waals surface area (Å²) in [5, 5.41) is 6.46. The fourth-order valence-electron chi connectivity index (χ4n) is 6.01. The maximum absolute atomic E-state index is 13.2. The van der Waals surface area contributed by atoms with E-state index in [1.807, 2.05) is 19.9 Å². The van der Waals surface area contributed by atoms with E-state index in [0.29, 0.717) is 42.1 Å². The van der Waals surface area contributed by atoms with Gasteiger partial charge in [0, 0.05) is 30.7 Å². The van der Waals surface area contributed by atoms with Crippen molar-refractivity contribution in [2.75, 3.05) is 55.5 Å². The third-order valence-electron chi connectivity index (χ3n) is 8.32. The van der Waals surface area contributed by atoms with E-state index in [-0.39, 0.29) is 23.8 Å². The van der Waals surface area contributed by atoms with Crippen LogP contribution in [-0.4, -0.2) is 79.1 Å². The molecule has 10 heteroatoms. The predicted octanol–water partition coefficient (Wildman–Crippen LogP) is 3.80. The zero-order chi connectivity index (χ0) is 27.5. The fraction of sp³-hybridized carbons (Fsp3) is 0.586. The number of rotatable bonds is 7. The maximum atomic E-state index is 13.2. The monoisotopic (exact) mass is 535 g/mol. The second kappa shape index (κ2) is 11.8. The summed E-state index contributed by atoms with van der Waals surface area (Å²) in [6.07, 6.45) is 8.26. The molecule has 3 heterocycles. The van der Waals surface area contributed by atoms with Crippen molar-refractivity contribution >= 4 is 35.0 Å². The van der Waals surface area contributed by atoms with Crippen LogP contribution >= 0.6 is 0 Å². The van der Waals surface area contributed by atoms with Crippen LogP contribution in [0.15, 0.2) is 24.4 Å². The minimum atomic E-state index is -0.121. The highest BCUT2D eigenvalue weighted by Gasteiger charge is 2.36. The van der Waals surface area contributed by atoms with E-state index in [2.05, 4.69) is 32.5 Å². The van der Waals surface area contributed by atoms with Crippen LogP contribution in [0.5, 0.6) is 5.75 Å². The molecule has 2 N–H and O–H groups in total. The molecule has 210 valence electrons. The van der Waals surface area contributed by atoms with Crippen molar-refractivity contribution in [2.45, 2.75) is 64.5 Å². The number of aromatic nitrogens is 2. The lowest BCUT2D eigenvalue weighted by atomic mass is 10.0. The van der Waals surface area contributed by atoms with E-state index in [0.717, 1.165) is 50.3 Å². The van der Waals surface area contributed by atoms with Crippen LogP contribution in [0.3, 0.4) is 0 Å². The van der Waals surface area contributed by atoms with E-state index in [9.17, 15) is 9.59 Å². The van der Waals surface area contributed by atoms with Crippen molar-refractivity contribution < 1.29 is 14.3 Å². The summed E-state index contributed by atoms with van der Waals surface area (Å²) >= 11 is 0. The van der Waals surface area contributed by atoms with E-state index < -0.39 is 0 Å². The molecule has 1 aromatic carbocycles. The molecule has 1 atom stereocenters. The molecule has 10 nitrogen and oxygen atoms in total. The molecule has 0 radical (unpaired) electrons. The van der Waals surface area contributed by atoms with Gasteiger partial charge in [0.15, 0.2) is 5.82 Å². The first kappa shape index (κ1) is 27.2. The van der Waals surface area contributed by atoms with Gasteiger partial charge in [-0.05, 0) is 70.9 Å². The number of carbonyl (C=O) groups is 2. The van der Waals surface area contributed by atoms with Gasteiger partial charge in [0.2, 0.25) is 11.9 Å². The van der Waals surface area contributed by atoms with E-state index >= 15 is 0 Å². The zero-order valence-corrected chi connectivity index (χ0v) is 23.6. The summed E-state index contributed by atoms with van der Waals surface area (Å²) in [4.78, 5) is 42.0. The Balaban J connectivity index is 1.39. The smallest absolute Gasteiger partial charge is 0.251 e. The molecule has 1 saturated heterocycles. The number of methoxy groups -OCH3 is 1. The summed E-state index contributed by atoms with van der Waals surface area (Å²) < 4.78 is 5.64. The summed E-state index contributed by atoms with van der Waals surface area (Å²) in [7, 11) is 3.69.